The molecular weight excluding hydrogens is 463 g/mol. The number of amides is 1. The molecule has 4 nitrogen and oxygen atoms in total. The number of anilines is 1. The van der Waals surface area contributed by atoms with E-state index in [2.05, 4.69) is 15.8 Å². The van der Waals surface area contributed by atoms with E-state index in [0.717, 1.165) is 28.1 Å². The van der Waals surface area contributed by atoms with Crippen LogP contribution in [0.5, 0.6) is 0 Å². The predicted octanol–water partition coefficient (Wildman–Crippen LogP) is 7.11. The molecule has 2 N–H and O–H groups in total. The number of nitrogens with one attached hydrogen (secondary N) is 1. The lowest BCUT2D eigenvalue weighted by molar-refractivity contribution is 0.102. The highest BCUT2D eigenvalue weighted by atomic mass is 19.1. The van der Waals surface area contributed by atoms with Gasteiger partial charge < -0.3 is 15.0 Å². The molecule has 4 rings (SSSR count). The summed E-state index contributed by atoms with van der Waals surface area (Å²) < 4.78 is 16.0. The summed E-state index contributed by atoms with van der Waals surface area (Å²) in [5.74, 6) is 1.94. The summed E-state index contributed by atoms with van der Waals surface area (Å²) in [4.78, 5) is 14.0. The van der Waals surface area contributed by atoms with Gasteiger partial charge in [0, 0.05) is 29.9 Å². The number of para-hydroxylation sites is 1. The van der Waals surface area contributed by atoms with E-state index in [1.807, 2.05) is 74.5 Å². The summed E-state index contributed by atoms with van der Waals surface area (Å²) in [6, 6.07) is 25.4. The van der Waals surface area contributed by atoms with Gasteiger partial charge in [-0.1, -0.05) is 62.4 Å². The first kappa shape index (κ1) is 25.9. The van der Waals surface area contributed by atoms with E-state index >= 15 is 0 Å². The number of carbonyl (C=O) groups is 1. The van der Waals surface area contributed by atoms with E-state index in [0.29, 0.717) is 24.2 Å². The molecule has 0 spiro atoms. The number of aromatic nitrogens is 1. The molecule has 0 fully saturated rings. The van der Waals surface area contributed by atoms with Gasteiger partial charge >= 0.3 is 0 Å². The van der Waals surface area contributed by atoms with E-state index in [1.165, 1.54) is 12.1 Å². The summed E-state index contributed by atoms with van der Waals surface area (Å²) in [7, 11) is 0. The minimum Gasteiger partial charge on any atom is -0.392 e. The third kappa shape index (κ3) is 5.82. The number of hydrogen-bond acceptors (Lipinski definition) is 2. The normalized spacial score (nSPS) is 11.8. The molecule has 3 aromatic carbocycles. The molecule has 1 aromatic heterocycles. The number of terminal acetylenes is 1. The van der Waals surface area contributed by atoms with Gasteiger partial charge in [-0.2, -0.15) is 0 Å². The molecule has 0 aliphatic heterocycles. The molecule has 1 heterocycles. The summed E-state index contributed by atoms with van der Waals surface area (Å²) in [5.41, 5.74) is 5.35. The van der Waals surface area contributed by atoms with Gasteiger partial charge in [0.2, 0.25) is 0 Å². The number of rotatable bonds is 9. The van der Waals surface area contributed by atoms with Gasteiger partial charge in [0.15, 0.2) is 0 Å². The van der Waals surface area contributed by atoms with Crippen LogP contribution < -0.4 is 5.32 Å². The molecule has 4 aromatic rings. The molecule has 1 atom stereocenters. The Labute approximate surface area is 217 Å². The zero-order valence-corrected chi connectivity index (χ0v) is 21.1. The van der Waals surface area contributed by atoms with Crippen molar-refractivity contribution in [1.29, 1.82) is 0 Å². The first-order valence-corrected chi connectivity index (χ1v) is 12.5. The van der Waals surface area contributed by atoms with Gasteiger partial charge in [0.25, 0.3) is 5.91 Å². The van der Waals surface area contributed by atoms with Crippen molar-refractivity contribution in [1.82, 2.24) is 4.57 Å². The van der Waals surface area contributed by atoms with Crippen molar-refractivity contribution in [3.8, 4) is 34.7 Å². The number of halogens is 1. The fourth-order valence-corrected chi connectivity index (χ4v) is 4.72. The van der Waals surface area contributed by atoms with Crippen LogP contribution in [0.15, 0.2) is 84.9 Å². The van der Waals surface area contributed by atoms with Crippen LogP contribution in [0.1, 0.15) is 48.7 Å². The summed E-state index contributed by atoms with van der Waals surface area (Å²) in [5, 5.41) is 13.5. The lowest BCUT2D eigenvalue weighted by Gasteiger charge is -2.18. The number of benzene rings is 3. The molecule has 0 aliphatic rings. The van der Waals surface area contributed by atoms with Crippen LogP contribution in [-0.4, -0.2) is 21.7 Å². The summed E-state index contributed by atoms with van der Waals surface area (Å²) in [6.07, 6.45) is 5.42. The van der Waals surface area contributed by atoms with Gasteiger partial charge in [0.1, 0.15) is 5.82 Å². The van der Waals surface area contributed by atoms with Crippen molar-refractivity contribution in [2.24, 2.45) is 0 Å². The third-order valence-corrected chi connectivity index (χ3v) is 6.33. The number of aliphatic hydroxyl groups is 1. The summed E-state index contributed by atoms with van der Waals surface area (Å²) in [6.45, 7) is 4.54. The summed E-state index contributed by atoms with van der Waals surface area (Å²) >= 11 is 0. The molecule has 188 valence electrons. The highest BCUT2D eigenvalue weighted by Gasteiger charge is 2.30. The molecule has 0 aliphatic carbocycles. The van der Waals surface area contributed by atoms with E-state index < -0.39 is 6.10 Å². The van der Waals surface area contributed by atoms with Crippen molar-refractivity contribution in [3.05, 3.63) is 102 Å². The Kier molecular flexibility index (Phi) is 8.22. The Hall–Kier alpha value is -4.14. The maximum absolute atomic E-state index is 14.0. The van der Waals surface area contributed by atoms with Crippen LogP contribution in [-0.2, 0) is 6.54 Å². The van der Waals surface area contributed by atoms with Crippen molar-refractivity contribution in [3.63, 3.8) is 0 Å². The number of hydrogen-bond donors (Lipinski definition) is 2. The van der Waals surface area contributed by atoms with Gasteiger partial charge in [-0.15, -0.1) is 12.3 Å². The second-order valence-corrected chi connectivity index (χ2v) is 9.33. The van der Waals surface area contributed by atoms with Crippen molar-refractivity contribution in [2.75, 3.05) is 5.32 Å². The van der Waals surface area contributed by atoms with Gasteiger partial charge in [-0.3, -0.25) is 4.79 Å². The van der Waals surface area contributed by atoms with Crippen molar-refractivity contribution >= 4 is 11.6 Å². The van der Waals surface area contributed by atoms with E-state index in [9.17, 15) is 14.3 Å². The SMILES string of the molecule is C#CC[C@@H](O)CCn1c(-c2ccc(F)cc2)c(-c2ccccc2)c(C(=O)Nc2ccccc2)c1C(C)C. The number of carbonyl (C=O) groups excluding carboxylic acids is 1. The maximum atomic E-state index is 14.0. The third-order valence-electron chi connectivity index (χ3n) is 6.33. The second kappa shape index (κ2) is 11.7. The standard InChI is InChI=1S/C32H31FN2O2/c1-4-11-27(36)20-21-35-30(22(2)3)29(32(37)34-26-14-9-6-10-15-26)28(23-12-7-5-8-13-23)31(35)24-16-18-25(33)19-17-24/h1,5-10,12-19,22,27,36H,11,20-21H2,2-3H3,(H,34,37)/t27-/m1/s1. The minimum absolute atomic E-state index is 0.0158. The maximum Gasteiger partial charge on any atom is 0.258 e. The second-order valence-electron chi connectivity index (χ2n) is 9.33. The molecule has 0 bridgehead atoms. The number of nitrogens with zero attached hydrogens (tertiary/aromatic N) is 1. The quantitative estimate of drug-likeness (QED) is 0.244. The van der Waals surface area contributed by atoms with Crippen molar-refractivity contribution in [2.45, 2.75) is 45.3 Å². The first-order chi connectivity index (χ1) is 17.9. The zero-order chi connectivity index (χ0) is 26.4. The molecule has 0 unspecified atom stereocenters. The fraction of sp³-hybridized carbons (Fsp3) is 0.219. The van der Waals surface area contributed by atoms with E-state index in [4.69, 9.17) is 6.42 Å². The van der Waals surface area contributed by atoms with Crippen LogP contribution in [0.25, 0.3) is 22.4 Å². The Morgan fingerprint density at radius 3 is 2.19 bits per heavy atom. The molecule has 0 radical (unpaired) electrons. The smallest absolute Gasteiger partial charge is 0.258 e. The molecule has 0 saturated heterocycles. The molecule has 0 saturated carbocycles. The Morgan fingerprint density at radius 2 is 1.59 bits per heavy atom. The Morgan fingerprint density at radius 1 is 0.973 bits per heavy atom. The lowest BCUT2D eigenvalue weighted by Crippen LogP contribution is -2.17. The highest BCUT2D eigenvalue weighted by Crippen LogP contribution is 2.42. The minimum atomic E-state index is -0.671. The van der Waals surface area contributed by atoms with Crippen LogP contribution in [0, 0.1) is 18.2 Å². The van der Waals surface area contributed by atoms with Gasteiger partial charge in [-0.05, 0) is 59.9 Å². The molecule has 37 heavy (non-hydrogen) atoms. The first-order valence-electron chi connectivity index (χ1n) is 12.5. The Balaban J connectivity index is 2.00. The van der Waals surface area contributed by atoms with Crippen molar-refractivity contribution < 1.29 is 14.3 Å². The average molecular weight is 495 g/mol. The average Bonchev–Trinajstić information content (AvgIpc) is 3.25. The van der Waals surface area contributed by atoms with Crippen LogP contribution in [0.2, 0.25) is 0 Å². The zero-order valence-electron chi connectivity index (χ0n) is 21.1. The largest absolute Gasteiger partial charge is 0.392 e. The van der Waals surface area contributed by atoms with Gasteiger partial charge in [0.05, 0.1) is 17.4 Å². The van der Waals surface area contributed by atoms with E-state index in [1.54, 1.807) is 12.1 Å². The molecule has 5 heteroatoms. The lowest BCUT2D eigenvalue weighted by atomic mass is 9.94. The topological polar surface area (TPSA) is 54.3 Å². The van der Waals surface area contributed by atoms with E-state index in [-0.39, 0.29) is 24.1 Å². The van der Waals surface area contributed by atoms with Gasteiger partial charge in [-0.25, -0.2) is 4.39 Å². The fourth-order valence-electron chi connectivity index (χ4n) is 4.72. The monoisotopic (exact) mass is 494 g/mol. The highest BCUT2D eigenvalue weighted by molar-refractivity contribution is 6.12. The Bertz CT molecular complexity index is 1380. The number of aliphatic hydroxyl groups excluding tert-OH is 1. The van der Waals surface area contributed by atoms with Crippen LogP contribution in [0.4, 0.5) is 10.1 Å². The van der Waals surface area contributed by atoms with Crippen LogP contribution in [0.3, 0.4) is 0 Å². The molecular formula is C32H31FN2O2. The van der Waals surface area contributed by atoms with Crippen LogP contribution >= 0.6 is 0 Å². The molecule has 1 amide bonds. The predicted molar refractivity (Wildman–Crippen MR) is 148 cm³/mol.